The van der Waals surface area contributed by atoms with Crippen molar-refractivity contribution < 1.29 is 13.2 Å². The molecule has 5 heteroatoms. The predicted octanol–water partition coefficient (Wildman–Crippen LogP) is 0.678. The lowest BCUT2D eigenvalue weighted by Gasteiger charge is -2.32. The number of piperidine rings is 1. The number of likely N-dealkylation sites (tertiary alicyclic amines) is 1. The van der Waals surface area contributed by atoms with E-state index >= 15 is 0 Å². The van der Waals surface area contributed by atoms with Crippen LogP contribution >= 0.6 is 0 Å². The van der Waals surface area contributed by atoms with Crippen LogP contribution in [0.5, 0.6) is 0 Å². The van der Waals surface area contributed by atoms with Gasteiger partial charge >= 0.3 is 0 Å². The summed E-state index contributed by atoms with van der Waals surface area (Å²) in [4.78, 5) is 13.5. The van der Waals surface area contributed by atoms with Gasteiger partial charge in [0.15, 0.2) is 9.84 Å². The van der Waals surface area contributed by atoms with Gasteiger partial charge in [0.05, 0.1) is 0 Å². The molecule has 1 heterocycles. The molecule has 0 aliphatic carbocycles. The summed E-state index contributed by atoms with van der Waals surface area (Å²) in [6.07, 6.45) is 3.21. The number of carbonyl (C=O) groups is 1. The van der Waals surface area contributed by atoms with Gasteiger partial charge in [0, 0.05) is 19.3 Å². The summed E-state index contributed by atoms with van der Waals surface area (Å²) in [5.74, 6) is 0.235. The molecule has 1 amide bonds. The van der Waals surface area contributed by atoms with Gasteiger partial charge in [-0.2, -0.15) is 0 Å². The molecule has 1 saturated heterocycles. The molecule has 0 unspecified atom stereocenters. The molecule has 1 aliphatic rings. The minimum atomic E-state index is -3.26. The molecule has 0 aromatic heterocycles. The molecule has 1 fully saturated rings. The lowest BCUT2D eigenvalue weighted by molar-refractivity contribution is -0.132. The van der Waals surface area contributed by atoms with Crippen molar-refractivity contribution in [2.24, 2.45) is 5.92 Å². The summed E-state index contributed by atoms with van der Waals surface area (Å²) in [5, 5.41) is -0.900. The first-order valence-corrected chi connectivity index (χ1v) is 7.25. The van der Waals surface area contributed by atoms with Gasteiger partial charge in [-0.3, -0.25) is 4.79 Å². The summed E-state index contributed by atoms with van der Waals surface area (Å²) in [7, 11) is -3.26. The molecule has 0 N–H and O–H groups in total. The van der Waals surface area contributed by atoms with Crippen LogP contribution in [0.3, 0.4) is 0 Å². The van der Waals surface area contributed by atoms with Crippen LogP contribution in [-0.2, 0) is 14.6 Å². The molecule has 4 nitrogen and oxygen atoms in total. The third-order valence-corrected chi connectivity index (χ3v) is 4.44. The van der Waals surface area contributed by atoms with Crippen LogP contribution in [0.1, 0.15) is 26.7 Å². The maximum absolute atomic E-state index is 11.8. The summed E-state index contributed by atoms with van der Waals surface area (Å²) < 4.78 is 22.5. The Morgan fingerprint density at radius 3 is 2.53 bits per heavy atom. The zero-order chi connectivity index (χ0) is 11.6. The van der Waals surface area contributed by atoms with Crippen LogP contribution in [0.15, 0.2) is 0 Å². The number of sulfone groups is 1. The van der Waals surface area contributed by atoms with E-state index in [2.05, 4.69) is 6.92 Å². The molecule has 0 bridgehead atoms. The molecule has 15 heavy (non-hydrogen) atoms. The van der Waals surface area contributed by atoms with Gasteiger partial charge < -0.3 is 4.90 Å². The second-order valence-corrected chi connectivity index (χ2v) is 6.87. The standard InChI is InChI=1S/C10H19NO3S/c1-8-5-4-6-11(7-8)10(12)9(2)15(3,13)14/h8-9H,4-7H2,1-3H3/t8-,9+/m0/s1. The highest BCUT2D eigenvalue weighted by atomic mass is 32.2. The molecule has 0 spiro atoms. The molecular formula is C10H19NO3S. The lowest BCUT2D eigenvalue weighted by atomic mass is 10.0. The quantitative estimate of drug-likeness (QED) is 0.704. The summed E-state index contributed by atoms with van der Waals surface area (Å²) in [6.45, 7) is 4.95. The minimum absolute atomic E-state index is 0.246. The molecule has 1 aliphatic heterocycles. The fraction of sp³-hybridized carbons (Fsp3) is 0.900. The van der Waals surface area contributed by atoms with E-state index in [1.54, 1.807) is 4.90 Å². The molecule has 2 atom stereocenters. The van der Waals surface area contributed by atoms with Gasteiger partial charge in [-0.15, -0.1) is 0 Å². The van der Waals surface area contributed by atoms with E-state index in [9.17, 15) is 13.2 Å². The number of hydrogen-bond acceptors (Lipinski definition) is 3. The highest BCUT2D eigenvalue weighted by molar-refractivity contribution is 7.92. The van der Waals surface area contributed by atoms with Crippen molar-refractivity contribution in [1.29, 1.82) is 0 Å². The number of nitrogens with zero attached hydrogens (tertiary/aromatic N) is 1. The topological polar surface area (TPSA) is 54.5 Å². The number of amides is 1. The molecule has 0 radical (unpaired) electrons. The van der Waals surface area contributed by atoms with E-state index in [1.165, 1.54) is 6.92 Å². The van der Waals surface area contributed by atoms with Crippen LogP contribution < -0.4 is 0 Å². The molecule has 1 rings (SSSR count). The van der Waals surface area contributed by atoms with Crippen molar-refractivity contribution in [2.45, 2.75) is 31.9 Å². The Bertz CT molecular complexity index is 337. The van der Waals surface area contributed by atoms with Gasteiger partial charge in [-0.05, 0) is 25.7 Å². The third-order valence-electron chi connectivity index (χ3n) is 2.96. The van der Waals surface area contributed by atoms with Gasteiger partial charge in [0.25, 0.3) is 0 Å². The summed E-state index contributed by atoms with van der Waals surface area (Å²) >= 11 is 0. The average molecular weight is 233 g/mol. The Morgan fingerprint density at radius 1 is 1.47 bits per heavy atom. The predicted molar refractivity (Wildman–Crippen MR) is 59.3 cm³/mol. The fourth-order valence-corrected chi connectivity index (χ4v) is 2.35. The highest BCUT2D eigenvalue weighted by Crippen LogP contribution is 2.17. The summed E-state index contributed by atoms with van der Waals surface area (Å²) in [5.41, 5.74) is 0. The summed E-state index contributed by atoms with van der Waals surface area (Å²) in [6, 6.07) is 0. The monoisotopic (exact) mass is 233 g/mol. The van der Waals surface area contributed by atoms with Crippen LogP contribution in [0.4, 0.5) is 0 Å². The van der Waals surface area contributed by atoms with Gasteiger partial charge in [-0.1, -0.05) is 6.92 Å². The van der Waals surface area contributed by atoms with E-state index in [0.29, 0.717) is 19.0 Å². The SMILES string of the molecule is C[C@H]1CCCN(C(=O)[C@@H](C)S(C)(=O)=O)C1. The first kappa shape index (κ1) is 12.5. The van der Waals surface area contributed by atoms with Crippen molar-refractivity contribution in [3.05, 3.63) is 0 Å². The normalized spacial score (nSPS) is 25.0. The van der Waals surface area contributed by atoms with Crippen molar-refractivity contribution in [3.63, 3.8) is 0 Å². The molecule has 88 valence electrons. The van der Waals surface area contributed by atoms with Gasteiger partial charge in [0.2, 0.25) is 5.91 Å². The van der Waals surface area contributed by atoms with Crippen LogP contribution in [-0.4, -0.2) is 43.8 Å². The Labute approximate surface area is 91.6 Å². The molecule has 0 aromatic carbocycles. The van der Waals surface area contributed by atoms with Crippen LogP contribution in [0.2, 0.25) is 0 Å². The van der Waals surface area contributed by atoms with Crippen molar-refractivity contribution in [3.8, 4) is 0 Å². The zero-order valence-electron chi connectivity index (χ0n) is 9.56. The van der Waals surface area contributed by atoms with Crippen LogP contribution in [0.25, 0.3) is 0 Å². The van der Waals surface area contributed by atoms with E-state index in [1.807, 2.05) is 0 Å². The maximum Gasteiger partial charge on any atom is 0.240 e. The van der Waals surface area contributed by atoms with E-state index in [4.69, 9.17) is 0 Å². The van der Waals surface area contributed by atoms with Crippen molar-refractivity contribution in [1.82, 2.24) is 4.90 Å². The Balaban J connectivity index is 2.68. The smallest absolute Gasteiger partial charge is 0.240 e. The molecule has 0 saturated carbocycles. The second-order valence-electron chi connectivity index (χ2n) is 4.50. The second kappa shape index (κ2) is 4.51. The van der Waals surface area contributed by atoms with E-state index in [0.717, 1.165) is 19.1 Å². The van der Waals surface area contributed by atoms with Crippen LogP contribution in [0, 0.1) is 5.92 Å². The Kier molecular flexibility index (Phi) is 3.76. The maximum atomic E-state index is 11.8. The fourth-order valence-electron chi connectivity index (χ4n) is 1.83. The third kappa shape index (κ3) is 3.19. The minimum Gasteiger partial charge on any atom is -0.341 e. The number of carbonyl (C=O) groups excluding carboxylic acids is 1. The molecular weight excluding hydrogens is 214 g/mol. The Hall–Kier alpha value is -0.580. The Morgan fingerprint density at radius 2 is 2.07 bits per heavy atom. The molecule has 0 aromatic rings. The van der Waals surface area contributed by atoms with Crippen molar-refractivity contribution >= 4 is 15.7 Å². The largest absolute Gasteiger partial charge is 0.341 e. The lowest BCUT2D eigenvalue weighted by Crippen LogP contribution is -2.45. The first-order valence-electron chi connectivity index (χ1n) is 5.30. The zero-order valence-corrected chi connectivity index (χ0v) is 10.4. The highest BCUT2D eigenvalue weighted by Gasteiger charge is 2.30. The number of rotatable bonds is 2. The van der Waals surface area contributed by atoms with E-state index in [-0.39, 0.29) is 5.91 Å². The van der Waals surface area contributed by atoms with Crippen molar-refractivity contribution in [2.75, 3.05) is 19.3 Å². The average Bonchev–Trinajstić information content (AvgIpc) is 2.14. The first-order chi connectivity index (χ1) is 6.82. The van der Waals surface area contributed by atoms with E-state index < -0.39 is 15.1 Å². The van der Waals surface area contributed by atoms with Gasteiger partial charge in [-0.25, -0.2) is 8.42 Å². The van der Waals surface area contributed by atoms with Gasteiger partial charge in [0.1, 0.15) is 5.25 Å². The number of hydrogen-bond donors (Lipinski definition) is 0.